The van der Waals surface area contributed by atoms with Crippen molar-refractivity contribution >= 4 is 29.1 Å². The molecule has 160 valence electrons. The second-order valence-corrected chi connectivity index (χ2v) is 8.82. The van der Waals surface area contributed by atoms with E-state index in [0.29, 0.717) is 24.6 Å². The van der Waals surface area contributed by atoms with E-state index in [9.17, 15) is 9.59 Å². The van der Waals surface area contributed by atoms with Gasteiger partial charge in [-0.25, -0.2) is 4.98 Å². The number of rotatable bonds is 8. The van der Waals surface area contributed by atoms with Gasteiger partial charge in [-0.2, -0.15) is 0 Å². The van der Waals surface area contributed by atoms with E-state index in [2.05, 4.69) is 16.4 Å². The van der Waals surface area contributed by atoms with Crippen molar-refractivity contribution in [2.24, 2.45) is 11.8 Å². The van der Waals surface area contributed by atoms with Crippen LogP contribution >= 0.6 is 11.6 Å². The van der Waals surface area contributed by atoms with Crippen molar-refractivity contribution in [1.82, 2.24) is 10.3 Å². The van der Waals surface area contributed by atoms with Gasteiger partial charge < -0.3 is 11.1 Å². The van der Waals surface area contributed by atoms with Crippen LogP contribution in [0.4, 0.5) is 5.82 Å². The molecule has 3 N–H and O–H groups in total. The van der Waals surface area contributed by atoms with Gasteiger partial charge in [0, 0.05) is 23.1 Å². The third-order valence-corrected chi connectivity index (χ3v) is 6.26. The van der Waals surface area contributed by atoms with Crippen LogP contribution in [0.15, 0.2) is 36.4 Å². The Morgan fingerprint density at radius 1 is 1.27 bits per heavy atom. The lowest BCUT2D eigenvalue weighted by Crippen LogP contribution is -2.41. The fourth-order valence-corrected chi connectivity index (χ4v) is 4.47. The van der Waals surface area contributed by atoms with Crippen molar-refractivity contribution < 1.29 is 9.59 Å². The maximum absolute atomic E-state index is 12.7. The number of nitrogens with one attached hydrogen (secondary N) is 1. The number of ketones is 1. The summed E-state index contributed by atoms with van der Waals surface area (Å²) in [4.78, 5) is 29.4. The lowest BCUT2D eigenvalue weighted by atomic mass is 9.96. The lowest BCUT2D eigenvalue weighted by molar-refractivity contribution is -0.129. The van der Waals surface area contributed by atoms with Gasteiger partial charge in [0.05, 0.1) is 6.04 Å². The molecule has 30 heavy (non-hydrogen) atoms. The van der Waals surface area contributed by atoms with Crippen molar-refractivity contribution in [2.75, 3.05) is 5.73 Å². The normalized spacial score (nSPS) is 19.4. The standard InChI is InChI=1S/C24H30ClN3O2/c1-15-19(9-11-23(26)27-15)8-10-22(29)16(2)28-24(30)20-7-6-18(13-20)12-17-4-3-5-21(25)14-17/h3-5,9,11,14,16,18,20H,6-8,10,12-13H2,1-2H3,(H2,26,27)(H,28,30)/t16-,18-,20+/m0/s1. The molecule has 1 aromatic carbocycles. The summed E-state index contributed by atoms with van der Waals surface area (Å²) in [6.45, 7) is 3.66. The summed E-state index contributed by atoms with van der Waals surface area (Å²) in [6.07, 6.45) is 4.66. The van der Waals surface area contributed by atoms with Gasteiger partial charge in [-0.15, -0.1) is 0 Å². The molecule has 0 bridgehead atoms. The van der Waals surface area contributed by atoms with E-state index < -0.39 is 6.04 Å². The molecule has 1 heterocycles. The Morgan fingerprint density at radius 2 is 2.07 bits per heavy atom. The number of nitrogens with zero attached hydrogens (tertiary/aromatic N) is 1. The molecule has 0 spiro atoms. The third kappa shape index (κ3) is 6.05. The number of amides is 1. The smallest absolute Gasteiger partial charge is 0.223 e. The number of nitrogen functional groups attached to an aromatic ring is 1. The highest BCUT2D eigenvalue weighted by Gasteiger charge is 2.31. The number of hydrogen-bond donors (Lipinski definition) is 2. The Bertz CT molecular complexity index is 915. The maximum atomic E-state index is 12.7. The first-order valence-electron chi connectivity index (χ1n) is 10.6. The monoisotopic (exact) mass is 427 g/mol. The van der Waals surface area contributed by atoms with Crippen LogP contribution in [0.25, 0.3) is 0 Å². The summed E-state index contributed by atoms with van der Waals surface area (Å²) in [5, 5.41) is 3.68. The molecule has 1 aliphatic carbocycles. The predicted octanol–water partition coefficient (Wildman–Crippen LogP) is 4.29. The zero-order valence-electron chi connectivity index (χ0n) is 17.7. The van der Waals surface area contributed by atoms with Crippen LogP contribution < -0.4 is 11.1 Å². The highest BCUT2D eigenvalue weighted by molar-refractivity contribution is 6.30. The molecule has 1 saturated carbocycles. The number of Topliss-reactive ketones (excluding diaryl/α,β-unsaturated/α-hetero) is 1. The summed E-state index contributed by atoms with van der Waals surface area (Å²) < 4.78 is 0. The summed E-state index contributed by atoms with van der Waals surface area (Å²) in [5.41, 5.74) is 8.74. The Kier molecular flexibility index (Phi) is 7.48. The summed E-state index contributed by atoms with van der Waals surface area (Å²) in [6, 6.07) is 11.1. The minimum absolute atomic E-state index is 0.00484. The highest BCUT2D eigenvalue weighted by Crippen LogP contribution is 2.33. The molecule has 1 aromatic heterocycles. The molecule has 5 nitrogen and oxygen atoms in total. The SMILES string of the molecule is Cc1nc(N)ccc1CCC(=O)[C@H](C)NC(=O)[C@@H]1CC[C@@H](Cc2cccc(Cl)c2)C1. The fourth-order valence-electron chi connectivity index (χ4n) is 4.26. The van der Waals surface area contributed by atoms with Gasteiger partial charge in [0.2, 0.25) is 5.91 Å². The van der Waals surface area contributed by atoms with E-state index in [-0.39, 0.29) is 17.6 Å². The fraction of sp³-hybridized carbons (Fsp3) is 0.458. The van der Waals surface area contributed by atoms with Gasteiger partial charge in [0.1, 0.15) is 5.82 Å². The Balaban J connectivity index is 1.45. The van der Waals surface area contributed by atoms with Crippen LogP contribution in [0.2, 0.25) is 5.02 Å². The molecule has 6 heteroatoms. The lowest BCUT2D eigenvalue weighted by Gasteiger charge is -2.17. The van der Waals surface area contributed by atoms with E-state index >= 15 is 0 Å². The quantitative estimate of drug-likeness (QED) is 0.658. The molecule has 1 aliphatic rings. The van der Waals surface area contributed by atoms with Crippen LogP contribution in [0.1, 0.15) is 49.4 Å². The molecule has 3 rings (SSSR count). The number of nitrogens with two attached hydrogens (primary N) is 1. The van der Waals surface area contributed by atoms with Crippen molar-refractivity contribution in [3.63, 3.8) is 0 Å². The molecular formula is C24H30ClN3O2. The van der Waals surface area contributed by atoms with Gasteiger partial charge in [-0.3, -0.25) is 9.59 Å². The van der Waals surface area contributed by atoms with Crippen molar-refractivity contribution in [1.29, 1.82) is 0 Å². The van der Waals surface area contributed by atoms with Crippen LogP contribution in [-0.2, 0) is 22.4 Å². The van der Waals surface area contributed by atoms with Crippen molar-refractivity contribution in [3.05, 3.63) is 58.2 Å². The average molecular weight is 428 g/mol. The first-order chi connectivity index (χ1) is 14.3. The number of aromatic nitrogens is 1. The van der Waals surface area contributed by atoms with Crippen molar-refractivity contribution in [2.45, 2.75) is 58.4 Å². The zero-order valence-corrected chi connectivity index (χ0v) is 18.4. The molecule has 1 fully saturated rings. The second-order valence-electron chi connectivity index (χ2n) is 8.39. The third-order valence-electron chi connectivity index (χ3n) is 6.02. The molecule has 3 atom stereocenters. The topological polar surface area (TPSA) is 85.1 Å². The average Bonchev–Trinajstić information content (AvgIpc) is 3.15. The number of carbonyl (C=O) groups excluding carboxylic acids is 2. The van der Waals surface area contributed by atoms with Crippen LogP contribution in [-0.4, -0.2) is 22.7 Å². The summed E-state index contributed by atoms with van der Waals surface area (Å²) >= 11 is 6.07. The van der Waals surface area contributed by atoms with Gasteiger partial charge in [0.25, 0.3) is 0 Å². The number of halogens is 1. The van der Waals surface area contributed by atoms with Gasteiger partial charge in [0.15, 0.2) is 5.78 Å². The minimum atomic E-state index is -0.480. The highest BCUT2D eigenvalue weighted by atomic mass is 35.5. The first kappa shape index (κ1) is 22.3. The van der Waals surface area contributed by atoms with E-state index in [1.165, 1.54) is 5.56 Å². The summed E-state index contributed by atoms with van der Waals surface area (Å²) in [7, 11) is 0. The first-order valence-corrected chi connectivity index (χ1v) is 11.0. The van der Waals surface area contributed by atoms with E-state index in [4.69, 9.17) is 17.3 Å². The molecule has 0 unspecified atom stereocenters. The number of anilines is 1. The van der Waals surface area contributed by atoms with Gasteiger partial charge >= 0.3 is 0 Å². The molecular weight excluding hydrogens is 398 g/mol. The Morgan fingerprint density at radius 3 is 2.80 bits per heavy atom. The van der Waals surface area contributed by atoms with E-state index in [1.54, 1.807) is 13.0 Å². The Hall–Kier alpha value is -2.40. The number of pyridine rings is 1. The number of carbonyl (C=O) groups is 2. The number of hydrogen-bond acceptors (Lipinski definition) is 4. The van der Waals surface area contributed by atoms with Gasteiger partial charge in [-0.05, 0) is 81.2 Å². The van der Waals surface area contributed by atoms with E-state index in [0.717, 1.165) is 42.0 Å². The van der Waals surface area contributed by atoms with Crippen LogP contribution in [0.3, 0.4) is 0 Å². The van der Waals surface area contributed by atoms with Gasteiger partial charge in [-0.1, -0.05) is 29.8 Å². The second kappa shape index (κ2) is 10.1. The molecule has 0 radical (unpaired) electrons. The molecule has 0 saturated heterocycles. The number of aryl methyl sites for hydroxylation is 2. The molecule has 1 amide bonds. The van der Waals surface area contributed by atoms with Crippen LogP contribution in [0.5, 0.6) is 0 Å². The maximum Gasteiger partial charge on any atom is 0.223 e. The number of benzene rings is 1. The Labute approximate surface area is 183 Å². The zero-order chi connectivity index (χ0) is 21.7. The predicted molar refractivity (Wildman–Crippen MR) is 120 cm³/mol. The summed E-state index contributed by atoms with van der Waals surface area (Å²) in [5.74, 6) is 0.968. The van der Waals surface area contributed by atoms with Crippen molar-refractivity contribution in [3.8, 4) is 0 Å². The van der Waals surface area contributed by atoms with Crippen LogP contribution in [0, 0.1) is 18.8 Å². The largest absolute Gasteiger partial charge is 0.384 e. The van der Waals surface area contributed by atoms with E-state index in [1.807, 2.05) is 31.2 Å². The molecule has 0 aliphatic heterocycles. The minimum Gasteiger partial charge on any atom is -0.384 e. The molecule has 2 aromatic rings.